The van der Waals surface area contributed by atoms with E-state index in [9.17, 15) is 40.3 Å². The van der Waals surface area contributed by atoms with Crippen LogP contribution < -0.4 is 16.4 Å². The van der Waals surface area contributed by atoms with Gasteiger partial charge in [0.05, 0.1) is 28.7 Å². The molecule has 21 heteroatoms. The van der Waals surface area contributed by atoms with E-state index in [1.54, 1.807) is 23.1 Å². The largest absolute Gasteiger partial charge is 0.447 e. The van der Waals surface area contributed by atoms with Crippen LogP contribution in [0.5, 0.6) is 0 Å². The first kappa shape index (κ1) is 39.4. The lowest BCUT2D eigenvalue weighted by Crippen LogP contribution is -2.51. The molecule has 4 aromatic rings. The topological polar surface area (TPSA) is 158 Å². The van der Waals surface area contributed by atoms with Crippen LogP contribution in [0.3, 0.4) is 0 Å². The van der Waals surface area contributed by atoms with Gasteiger partial charge < -0.3 is 15.0 Å². The second-order valence-corrected chi connectivity index (χ2v) is 15.3. The van der Waals surface area contributed by atoms with Crippen molar-refractivity contribution in [2.45, 2.75) is 94.6 Å². The molecule has 13 nitrogen and oxygen atoms in total. The van der Waals surface area contributed by atoms with Crippen molar-refractivity contribution in [1.82, 2.24) is 45.3 Å². The van der Waals surface area contributed by atoms with E-state index in [2.05, 4.69) is 30.9 Å². The molecule has 2 aromatic heterocycles. The Balaban J connectivity index is 1.29. The highest BCUT2D eigenvalue weighted by Gasteiger charge is 2.60. The highest BCUT2D eigenvalue weighted by atomic mass is 35.5. The number of hydrogen-bond donors (Lipinski definition) is 3. The second kappa shape index (κ2) is 14.3. The monoisotopic (exact) mass is 812 g/mol. The Kier molecular flexibility index (Phi) is 10.1. The smallest absolute Gasteiger partial charge is 0.407 e. The lowest BCUT2D eigenvalue weighted by molar-refractivity contribution is -0.218. The van der Waals surface area contributed by atoms with E-state index in [1.165, 1.54) is 30.3 Å². The van der Waals surface area contributed by atoms with Gasteiger partial charge in [-0.05, 0) is 55.4 Å². The fraction of sp³-hybridized carbons (Fsp3) is 0.486. The number of ether oxygens (including phenoxy) is 1. The Bertz CT molecular complexity index is 2100. The molecule has 2 saturated carbocycles. The molecule has 1 saturated heterocycles. The number of carbonyl (C=O) groups is 2. The van der Waals surface area contributed by atoms with Gasteiger partial charge in [-0.2, -0.15) is 46.7 Å². The maximum Gasteiger partial charge on any atom is 0.407 e. The van der Waals surface area contributed by atoms with Gasteiger partial charge in [0, 0.05) is 11.1 Å². The van der Waals surface area contributed by atoms with Gasteiger partial charge in [0.2, 0.25) is 0 Å². The summed E-state index contributed by atoms with van der Waals surface area (Å²) in [7, 11) is 0. The number of nitrogens with one attached hydrogen (secondary N) is 2. The average Bonchev–Trinajstić information content (AvgIpc) is 4.00. The number of amides is 2. The van der Waals surface area contributed by atoms with Gasteiger partial charge in [-0.15, -0.1) is 0 Å². The van der Waals surface area contributed by atoms with Gasteiger partial charge in [0.25, 0.3) is 12.3 Å². The number of benzene rings is 2. The summed E-state index contributed by atoms with van der Waals surface area (Å²) in [4.78, 5) is 34.3. The number of alkyl halides is 7. The number of aromatic nitrogens is 6. The molecule has 3 heterocycles. The van der Waals surface area contributed by atoms with Crippen LogP contribution in [0.1, 0.15) is 75.7 Å². The molecule has 2 aliphatic carbocycles. The molecule has 300 valence electrons. The third kappa shape index (κ3) is 7.29. The SMILES string of the molecule is CC(C)(C[C@]1(c2ccc(-c3cnn(C4CC4)n3)cc2)NC(N)N([C@H](COC(=O)NC2(C(F)F)CC2)c2ccc(Cl)c(-c3ncnn3C(F)F)c2)C1=O)C(F)(F)F. The number of rotatable bonds is 13. The van der Waals surface area contributed by atoms with Crippen molar-refractivity contribution in [3.8, 4) is 22.6 Å². The predicted octanol–water partition coefficient (Wildman–Crippen LogP) is 6.70. The normalized spacial score (nSPS) is 21.6. The first-order chi connectivity index (χ1) is 26.4. The molecular formula is C35H36ClF7N10O3. The van der Waals surface area contributed by atoms with E-state index in [-0.39, 0.29) is 51.1 Å². The fourth-order valence-electron chi connectivity index (χ4n) is 6.85. The number of hydrogen-bond acceptors (Lipinski definition) is 9. The molecule has 7 rings (SSSR count). The molecule has 56 heavy (non-hydrogen) atoms. The van der Waals surface area contributed by atoms with E-state index in [1.807, 2.05) is 0 Å². The zero-order chi connectivity index (χ0) is 40.4. The molecule has 1 aliphatic heterocycles. The highest BCUT2D eigenvalue weighted by Crippen LogP contribution is 2.50. The van der Waals surface area contributed by atoms with Gasteiger partial charge in [0.15, 0.2) is 5.82 Å². The Labute approximate surface area is 319 Å². The summed E-state index contributed by atoms with van der Waals surface area (Å²) in [5.41, 5.74) is 1.35. The standard InChI is InChI=1S/C35H36ClF7N10O3/c1-32(2,35(41,42)43)16-34(20-6-3-18(4-7-20)24-14-46-53(50-24)21-8-9-21)28(54)51(30(44)48-34)25(15-56-31(55)49-33(11-12-33)27(37)38)19-5-10-23(36)22(13-19)26-45-17-47-52(26)29(39)40/h3-7,10,13-14,17,21,25,27,29-30,48H,8-9,11-12,15-16,44H2,1-2H3,(H,49,55)/t25-,30?,34-/m1/s1. The van der Waals surface area contributed by atoms with Crippen molar-refractivity contribution in [2.75, 3.05) is 6.61 Å². The molecule has 0 radical (unpaired) electrons. The number of carbonyl (C=O) groups excluding carboxylic acids is 2. The fourth-order valence-corrected chi connectivity index (χ4v) is 7.05. The number of nitrogens with zero attached hydrogens (tertiary/aromatic N) is 7. The molecule has 3 atom stereocenters. The zero-order valence-electron chi connectivity index (χ0n) is 29.8. The van der Waals surface area contributed by atoms with Gasteiger partial charge in [-0.3, -0.25) is 15.8 Å². The van der Waals surface area contributed by atoms with E-state index >= 15 is 0 Å². The number of alkyl carbamates (subject to hydrolysis) is 1. The van der Waals surface area contributed by atoms with E-state index in [4.69, 9.17) is 22.1 Å². The van der Waals surface area contributed by atoms with Crippen LogP contribution >= 0.6 is 11.6 Å². The first-order valence-corrected chi connectivity index (χ1v) is 17.9. The third-order valence-electron chi connectivity index (χ3n) is 10.5. The molecule has 3 aliphatic rings. The van der Waals surface area contributed by atoms with Crippen molar-refractivity contribution < 1.29 is 45.1 Å². The van der Waals surface area contributed by atoms with E-state index < -0.39 is 73.0 Å². The zero-order valence-corrected chi connectivity index (χ0v) is 30.5. The lowest BCUT2D eigenvalue weighted by atomic mass is 9.74. The summed E-state index contributed by atoms with van der Waals surface area (Å²) in [5, 5.41) is 17.3. The van der Waals surface area contributed by atoms with Gasteiger partial charge >= 0.3 is 18.8 Å². The molecule has 0 spiro atoms. The van der Waals surface area contributed by atoms with Gasteiger partial charge in [-0.25, -0.2) is 18.6 Å². The molecule has 2 amide bonds. The molecule has 4 N–H and O–H groups in total. The first-order valence-electron chi connectivity index (χ1n) is 17.5. The minimum atomic E-state index is -4.80. The molecule has 2 aromatic carbocycles. The summed E-state index contributed by atoms with van der Waals surface area (Å²) in [6.07, 6.45) is -7.05. The van der Waals surface area contributed by atoms with Crippen LogP contribution in [0.25, 0.3) is 22.6 Å². The van der Waals surface area contributed by atoms with Crippen molar-refractivity contribution >= 4 is 23.6 Å². The Morgan fingerprint density at radius 3 is 2.39 bits per heavy atom. The Morgan fingerprint density at radius 1 is 1.09 bits per heavy atom. The Hall–Kier alpha value is -4.82. The molecule has 3 fully saturated rings. The molecule has 0 bridgehead atoms. The van der Waals surface area contributed by atoms with Crippen molar-refractivity contribution in [2.24, 2.45) is 11.1 Å². The summed E-state index contributed by atoms with van der Waals surface area (Å²) >= 11 is 6.41. The summed E-state index contributed by atoms with van der Waals surface area (Å²) in [6.45, 7) is -2.02. The molecule has 1 unspecified atom stereocenters. The number of halogens is 8. The van der Waals surface area contributed by atoms with Crippen LogP contribution in [-0.2, 0) is 15.1 Å². The van der Waals surface area contributed by atoms with Crippen LogP contribution in [-0.4, -0.2) is 77.7 Å². The predicted molar refractivity (Wildman–Crippen MR) is 185 cm³/mol. The van der Waals surface area contributed by atoms with Gasteiger partial charge in [-0.1, -0.05) is 55.8 Å². The van der Waals surface area contributed by atoms with Crippen molar-refractivity contribution in [3.05, 3.63) is 71.1 Å². The lowest BCUT2D eigenvalue weighted by Gasteiger charge is -2.38. The highest BCUT2D eigenvalue weighted by molar-refractivity contribution is 6.33. The van der Waals surface area contributed by atoms with Crippen LogP contribution in [0.4, 0.5) is 35.5 Å². The summed E-state index contributed by atoms with van der Waals surface area (Å²) in [6, 6.07) is 8.83. The quantitative estimate of drug-likeness (QED) is 0.125. The van der Waals surface area contributed by atoms with Crippen LogP contribution in [0, 0.1) is 5.41 Å². The van der Waals surface area contributed by atoms with Crippen molar-refractivity contribution in [1.29, 1.82) is 0 Å². The minimum absolute atomic E-state index is 0.0107. The minimum Gasteiger partial charge on any atom is -0.447 e. The molecular weight excluding hydrogens is 777 g/mol. The Morgan fingerprint density at radius 2 is 1.79 bits per heavy atom. The number of nitrogens with two attached hydrogens (primary N) is 1. The van der Waals surface area contributed by atoms with Crippen LogP contribution in [0.15, 0.2) is 55.0 Å². The van der Waals surface area contributed by atoms with Crippen LogP contribution in [0.2, 0.25) is 5.02 Å². The summed E-state index contributed by atoms with van der Waals surface area (Å²) in [5.74, 6) is -1.33. The maximum atomic E-state index is 15.0. The van der Waals surface area contributed by atoms with Gasteiger partial charge in [0.1, 0.15) is 36.0 Å². The van der Waals surface area contributed by atoms with E-state index in [0.717, 1.165) is 37.9 Å². The third-order valence-corrected chi connectivity index (χ3v) is 10.8. The average molecular weight is 813 g/mol. The maximum absolute atomic E-state index is 15.0. The van der Waals surface area contributed by atoms with E-state index in [0.29, 0.717) is 11.3 Å². The summed E-state index contributed by atoms with van der Waals surface area (Å²) < 4.78 is 104. The van der Waals surface area contributed by atoms with Crippen molar-refractivity contribution in [3.63, 3.8) is 0 Å². The second-order valence-electron chi connectivity index (χ2n) is 14.9.